The zero-order valence-corrected chi connectivity index (χ0v) is 28.7. The van der Waals surface area contributed by atoms with Crippen molar-refractivity contribution in [1.29, 1.82) is 0 Å². The van der Waals surface area contributed by atoms with E-state index < -0.39 is 0 Å². The van der Waals surface area contributed by atoms with Gasteiger partial charge in [0.15, 0.2) is 9.50 Å². The van der Waals surface area contributed by atoms with E-state index in [1.54, 1.807) is 46.1 Å². The van der Waals surface area contributed by atoms with Gasteiger partial charge in [-0.15, -0.1) is 22.7 Å². The normalized spacial score (nSPS) is 13.5. The van der Waals surface area contributed by atoms with Gasteiger partial charge in [-0.2, -0.15) is 0 Å². The summed E-state index contributed by atoms with van der Waals surface area (Å²) in [6, 6.07) is 10.5. The van der Waals surface area contributed by atoms with E-state index in [2.05, 4.69) is 52.1 Å². The fourth-order valence-electron chi connectivity index (χ4n) is 5.55. The van der Waals surface area contributed by atoms with Crippen molar-refractivity contribution in [2.45, 2.75) is 81.0 Å². The Hall–Kier alpha value is -2.66. The summed E-state index contributed by atoms with van der Waals surface area (Å²) in [5, 5.41) is 4.36. The van der Waals surface area contributed by atoms with Gasteiger partial charge in [-0.3, -0.25) is 14.2 Å². The Bertz CT molecular complexity index is 1910. The predicted molar refractivity (Wildman–Crippen MR) is 185 cm³/mol. The molecule has 0 saturated heterocycles. The van der Waals surface area contributed by atoms with E-state index in [1.807, 2.05) is 18.2 Å². The van der Waals surface area contributed by atoms with Gasteiger partial charge in [0.1, 0.15) is 4.83 Å². The average molecular weight is 649 g/mol. The first-order valence-corrected chi connectivity index (χ1v) is 18.2. The van der Waals surface area contributed by atoms with Crippen molar-refractivity contribution in [3.8, 4) is 0 Å². The van der Waals surface area contributed by atoms with E-state index in [0.717, 1.165) is 55.5 Å². The highest BCUT2D eigenvalue weighted by Gasteiger charge is 2.22. The Morgan fingerprint density at radius 1 is 1.02 bits per heavy atom. The van der Waals surface area contributed by atoms with Crippen molar-refractivity contribution >= 4 is 78.2 Å². The van der Waals surface area contributed by atoms with Crippen LogP contribution in [0.3, 0.4) is 0 Å². The Balaban J connectivity index is 1.11. The van der Waals surface area contributed by atoms with E-state index in [4.69, 9.17) is 9.97 Å². The maximum Gasteiger partial charge on any atom is 0.262 e. The second-order valence-electron chi connectivity index (χ2n) is 12.3. The fourth-order valence-corrected chi connectivity index (χ4v) is 9.93. The largest absolute Gasteiger partial charge is 0.325 e. The molecule has 0 saturated carbocycles. The summed E-state index contributed by atoms with van der Waals surface area (Å²) in [5.41, 5.74) is 8.37. The third-order valence-corrected chi connectivity index (χ3v) is 12.4. The van der Waals surface area contributed by atoms with Crippen molar-refractivity contribution in [3.63, 3.8) is 0 Å². The highest BCUT2D eigenvalue weighted by Crippen LogP contribution is 2.36. The molecule has 0 radical (unpaired) electrons. The quantitative estimate of drug-likeness (QED) is 0.141. The summed E-state index contributed by atoms with van der Waals surface area (Å²) < 4.78 is 3.65. The molecule has 0 unspecified atom stereocenters. The summed E-state index contributed by atoms with van der Waals surface area (Å²) in [5.74, 6) is 0.915. The van der Waals surface area contributed by atoms with E-state index in [-0.39, 0.29) is 22.6 Å². The lowest BCUT2D eigenvalue weighted by molar-refractivity contribution is -0.113. The molecule has 1 aliphatic rings. The minimum atomic E-state index is -0.132. The van der Waals surface area contributed by atoms with E-state index in [0.29, 0.717) is 5.16 Å². The van der Waals surface area contributed by atoms with Crippen LogP contribution in [0.1, 0.15) is 66.3 Å². The lowest BCUT2D eigenvalue weighted by Gasteiger charge is -2.22. The van der Waals surface area contributed by atoms with Crippen LogP contribution < -0.4 is 10.9 Å². The Labute approximate surface area is 268 Å². The molecule has 6 rings (SSSR count). The van der Waals surface area contributed by atoms with E-state index in [1.165, 1.54) is 50.9 Å². The standard InChI is InChI=1S/C33H36N4O2S4/c1-18-13-20(33(3,4)5)14-19(2)23(18)16-41-32-35-24-12-11-21(15-26(24)43-32)34-27(38)17-40-31-36-29-28(30(39)37(31)6)22-9-7-8-10-25(22)42-29/h11-15H,7-10,16-17H2,1-6H3,(H,34,38). The summed E-state index contributed by atoms with van der Waals surface area (Å²) in [4.78, 5) is 37.8. The van der Waals surface area contributed by atoms with Crippen LogP contribution in [-0.4, -0.2) is 26.2 Å². The molecule has 6 nitrogen and oxygen atoms in total. The number of benzene rings is 2. The van der Waals surface area contributed by atoms with Crippen LogP contribution in [0.5, 0.6) is 0 Å². The number of fused-ring (bicyclic) bond motifs is 4. The van der Waals surface area contributed by atoms with Gasteiger partial charge >= 0.3 is 0 Å². The van der Waals surface area contributed by atoms with Crippen molar-refractivity contribution in [2.75, 3.05) is 11.1 Å². The molecule has 10 heteroatoms. The molecule has 0 spiro atoms. The maximum atomic E-state index is 13.2. The van der Waals surface area contributed by atoms with Gasteiger partial charge < -0.3 is 5.32 Å². The summed E-state index contributed by atoms with van der Waals surface area (Å²) in [6.45, 7) is 11.2. The van der Waals surface area contributed by atoms with Gasteiger partial charge in [0, 0.05) is 23.4 Å². The van der Waals surface area contributed by atoms with Crippen LogP contribution in [0.25, 0.3) is 20.4 Å². The number of carbonyl (C=O) groups excluding carboxylic acids is 1. The number of nitrogens with one attached hydrogen (secondary N) is 1. The van der Waals surface area contributed by atoms with E-state index >= 15 is 0 Å². The number of rotatable bonds is 7. The molecule has 3 heterocycles. The van der Waals surface area contributed by atoms with Crippen LogP contribution in [0, 0.1) is 13.8 Å². The summed E-state index contributed by atoms with van der Waals surface area (Å²) >= 11 is 6.35. The molecule has 1 amide bonds. The van der Waals surface area contributed by atoms with E-state index in [9.17, 15) is 9.59 Å². The first-order valence-electron chi connectivity index (χ1n) is 14.6. The SMILES string of the molecule is Cc1cc(C(C)(C)C)cc(C)c1CSc1nc2ccc(NC(=O)CSc3nc4sc5c(c4c(=O)n3C)CCCC5)cc2s1. The van der Waals surface area contributed by atoms with Gasteiger partial charge in [-0.05, 0) is 91.0 Å². The van der Waals surface area contributed by atoms with Crippen molar-refractivity contribution in [1.82, 2.24) is 14.5 Å². The second-order valence-corrected chi connectivity index (χ2v) is 16.6. The molecular formula is C33H36N4O2S4. The lowest BCUT2D eigenvalue weighted by Crippen LogP contribution is -2.21. The monoisotopic (exact) mass is 648 g/mol. The molecule has 43 heavy (non-hydrogen) atoms. The molecule has 0 bridgehead atoms. The van der Waals surface area contributed by atoms with Gasteiger partial charge in [0.05, 0.1) is 21.4 Å². The third-order valence-electron chi connectivity index (χ3n) is 8.04. The predicted octanol–water partition coefficient (Wildman–Crippen LogP) is 8.42. The smallest absolute Gasteiger partial charge is 0.262 e. The molecule has 0 aliphatic heterocycles. The number of thiazole rings is 1. The Kier molecular flexibility index (Phi) is 8.49. The zero-order chi connectivity index (χ0) is 30.5. The second kappa shape index (κ2) is 12.0. The third kappa shape index (κ3) is 6.30. The highest BCUT2D eigenvalue weighted by atomic mass is 32.2. The maximum absolute atomic E-state index is 13.2. The molecule has 2 aromatic carbocycles. The molecular weight excluding hydrogens is 613 g/mol. The fraction of sp³-hybridized carbons (Fsp3) is 0.394. The number of anilines is 1. The van der Waals surface area contributed by atoms with Gasteiger partial charge in [0.25, 0.3) is 5.56 Å². The van der Waals surface area contributed by atoms with Gasteiger partial charge in [-0.25, -0.2) is 9.97 Å². The number of nitrogens with zero attached hydrogens (tertiary/aromatic N) is 3. The lowest BCUT2D eigenvalue weighted by atomic mass is 9.84. The number of thiophene rings is 1. The first-order chi connectivity index (χ1) is 20.5. The van der Waals surface area contributed by atoms with Crippen molar-refractivity contribution in [3.05, 3.63) is 73.4 Å². The number of carbonyl (C=O) groups is 1. The number of aryl methyl sites for hydroxylation is 4. The molecule has 0 atom stereocenters. The Morgan fingerprint density at radius 3 is 2.51 bits per heavy atom. The van der Waals surface area contributed by atoms with Crippen LogP contribution in [-0.2, 0) is 35.9 Å². The molecule has 5 aromatic rings. The minimum absolute atomic E-state index is 0.0103. The molecule has 1 N–H and O–H groups in total. The summed E-state index contributed by atoms with van der Waals surface area (Å²) in [7, 11) is 1.75. The number of hydrogen-bond donors (Lipinski definition) is 1. The van der Waals surface area contributed by atoms with Gasteiger partial charge in [-0.1, -0.05) is 56.4 Å². The zero-order valence-electron chi connectivity index (χ0n) is 25.4. The average Bonchev–Trinajstić information content (AvgIpc) is 3.53. The number of thioether (sulfide) groups is 2. The Morgan fingerprint density at radius 2 is 1.77 bits per heavy atom. The van der Waals surface area contributed by atoms with Crippen molar-refractivity contribution < 1.29 is 4.79 Å². The molecule has 1 aliphatic carbocycles. The molecule has 0 fully saturated rings. The number of aromatic nitrogens is 3. The molecule has 224 valence electrons. The van der Waals surface area contributed by atoms with Crippen LogP contribution in [0.15, 0.2) is 44.6 Å². The van der Waals surface area contributed by atoms with Crippen LogP contribution in [0.2, 0.25) is 0 Å². The summed E-state index contributed by atoms with van der Waals surface area (Å²) in [6.07, 6.45) is 4.27. The first kappa shape index (κ1) is 30.4. The number of hydrogen-bond acceptors (Lipinski definition) is 8. The topological polar surface area (TPSA) is 76.9 Å². The van der Waals surface area contributed by atoms with Gasteiger partial charge in [0.2, 0.25) is 5.91 Å². The highest BCUT2D eigenvalue weighted by molar-refractivity contribution is 8.00. The minimum Gasteiger partial charge on any atom is -0.325 e. The van der Waals surface area contributed by atoms with Crippen molar-refractivity contribution in [2.24, 2.45) is 7.05 Å². The van der Waals surface area contributed by atoms with Crippen LogP contribution >= 0.6 is 46.2 Å². The van der Waals surface area contributed by atoms with Crippen LogP contribution in [0.4, 0.5) is 5.69 Å². The number of amides is 1. The molecule has 3 aromatic heterocycles.